The summed E-state index contributed by atoms with van der Waals surface area (Å²) in [5.41, 5.74) is 0. The number of ether oxygens (including phenoxy) is 2. The van der Waals surface area contributed by atoms with E-state index < -0.39 is 6.10 Å². The molecule has 0 aromatic carbocycles. The van der Waals surface area contributed by atoms with Crippen LogP contribution in [-0.4, -0.2) is 36.4 Å². The number of aliphatic hydroxyl groups is 1. The first-order valence-electron chi connectivity index (χ1n) is 26.9. The average molecular weight is 845 g/mol. The van der Waals surface area contributed by atoms with Gasteiger partial charge in [-0.1, -0.05) is 269 Å². The normalized spacial score (nSPS) is 12.2. The van der Waals surface area contributed by atoms with Crippen LogP contribution in [0.4, 0.5) is 0 Å². The molecule has 0 heterocycles. The van der Waals surface area contributed by atoms with Crippen LogP contribution >= 0.6 is 0 Å². The van der Waals surface area contributed by atoms with Gasteiger partial charge in [0.1, 0.15) is 6.61 Å². The smallest absolute Gasteiger partial charge is 0.306 e. The van der Waals surface area contributed by atoms with E-state index in [1.807, 2.05) is 0 Å². The average Bonchev–Trinajstić information content (AvgIpc) is 3.25. The van der Waals surface area contributed by atoms with E-state index in [0.29, 0.717) is 12.8 Å². The van der Waals surface area contributed by atoms with E-state index >= 15 is 0 Å². The van der Waals surface area contributed by atoms with Crippen molar-refractivity contribution in [2.75, 3.05) is 13.2 Å². The maximum atomic E-state index is 12.2. The van der Waals surface area contributed by atoms with Gasteiger partial charge < -0.3 is 14.6 Å². The molecule has 0 aromatic rings. The molecule has 0 saturated carbocycles. The summed E-state index contributed by atoms with van der Waals surface area (Å²) >= 11 is 0. The minimum absolute atomic E-state index is 0.0668. The van der Waals surface area contributed by atoms with Gasteiger partial charge in [-0.15, -0.1) is 0 Å². The number of rotatable bonds is 50. The molecule has 0 rings (SSSR count). The molecule has 60 heavy (non-hydrogen) atoms. The van der Waals surface area contributed by atoms with Crippen molar-refractivity contribution in [3.8, 4) is 0 Å². The molecule has 1 atom stereocenters. The zero-order valence-electron chi connectivity index (χ0n) is 40.5. The third-order valence-corrected chi connectivity index (χ3v) is 12.2. The molecule has 0 aliphatic rings. The summed E-state index contributed by atoms with van der Waals surface area (Å²) in [6.45, 7) is 4.10. The van der Waals surface area contributed by atoms with E-state index in [4.69, 9.17) is 9.47 Å². The van der Waals surface area contributed by atoms with Crippen molar-refractivity contribution in [3.05, 3.63) is 24.3 Å². The van der Waals surface area contributed by atoms with Crippen molar-refractivity contribution >= 4 is 11.9 Å². The molecule has 0 amide bonds. The van der Waals surface area contributed by atoms with Crippen molar-refractivity contribution in [1.82, 2.24) is 0 Å². The SMILES string of the molecule is CCC/C=C\C/C=C\CCCCCCCC(=O)OC(CO)COC(=O)CCCCCCCCCCCCCCCCCCCCCCCCCCCCCCCCCCC. The van der Waals surface area contributed by atoms with Crippen LogP contribution in [0, 0.1) is 0 Å². The van der Waals surface area contributed by atoms with Gasteiger partial charge in [-0.3, -0.25) is 9.59 Å². The molecule has 1 N–H and O–H groups in total. The van der Waals surface area contributed by atoms with Gasteiger partial charge in [-0.2, -0.15) is 0 Å². The fourth-order valence-electron chi connectivity index (χ4n) is 8.18. The van der Waals surface area contributed by atoms with Crippen LogP contribution in [0.3, 0.4) is 0 Å². The molecule has 0 bridgehead atoms. The molecule has 0 fully saturated rings. The lowest BCUT2D eigenvalue weighted by molar-refractivity contribution is -0.161. The maximum Gasteiger partial charge on any atom is 0.306 e. The summed E-state index contributed by atoms with van der Waals surface area (Å²) in [6.07, 6.45) is 64.5. The van der Waals surface area contributed by atoms with Crippen LogP contribution in [-0.2, 0) is 19.1 Å². The minimum Gasteiger partial charge on any atom is -0.462 e. The lowest BCUT2D eigenvalue weighted by Gasteiger charge is -2.15. The predicted molar refractivity (Wildman–Crippen MR) is 261 cm³/mol. The van der Waals surface area contributed by atoms with Gasteiger partial charge in [0.15, 0.2) is 6.10 Å². The first-order valence-corrected chi connectivity index (χ1v) is 26.9. The fraction of sp³-hybridized carbons (Fsp3) is 0.891. The maximum absolute atomic E-state index is 12.2. The summed E-state index contributed by atoms with van der Waals surface area (Å²) < 4.78 is 10.6. The van der Waals surface area contributed by atoms with Gasteiger partial charge in [0.05, 0.1) is 6.61 Å². The largest absolute Gasteiger partial charge is 0.462 e. The predicted octanol–water partition coefficient (Wildman–Crippen LogP) is 17.8. The van der Waals surface area contributed by atoms with E-state index in [0.717, 1.165) is 57.8 Å². The molecule has 354 valence electrons. The second kappa shape index (κ2) is 51.7. The highest BCUT2D eigenvalue weighted by atomic mass is 16.6. The van der Waals surface area contributed by atoms with E-state index in [9.17, 15) is 14.7 Å². The molecule has 0 radical (unpaired) electrons. The number of carbonyl (C=O) groups is 2. The molecule has 0 saturated heterocycles. The van der Waals surface area contributed by atoms with Gasteiger partial charge in [-0.25, -0.2) is 0 Å². The van der Waals surface area contributed by atoms with Crippen LogP contribution in [0.15, 0.2) is 24.3 Å². The Labute approximate surface area is 374 Å². The van der Waals surface area contributed by atoms with Crippen molar-refractivity contribution in [2.45, 2.75) is 302 Å². The van der Waals surface area contributed by atoms with Crippen LogP contribution < -0.4 is 0 Å². The van der Waals surface area contributed by atoms with Crippen LogP contribution in [0.5, 0.6) is 0 Å². The molecule has 0 aliphatic heterocycles. The molecule has 0 aromatic heterocycles. The number of allylic oxidation sites excluding steroid dienone is 4. The van der Waals surface area contributed by atoms with Crippen LogP contribution in [0.2, 0.25) is 0 Å². The first kappa shape index (κ1) is 58.4. The second-order valence-electron chi connectivity index (χ2n) is 18.3. The van der Waals surface area contributed by atoms with Crippen molar-refractivity contribution in [3.63, 3.8) is 0 Å². The molecule has 0 spiro atoms. The topological polar surface area (TPSA) is 72.8 Å². The first-order chi connectivity index (χ1) is 29.6. The van der Waals surface area contributed by atoms with E-state index in [2.05, 4.69) is 38.2 Å². The van der Waals surface area contributed by atoms with E-state index in [-0.39, 0.29) is 25.2 Å². The Morgan fingerprint density at radius 1 is 0.383 bits per heavy atom. The van der Waals surface area contributed by atoms with E-state index in [1.54, 1.807) is 0 Å². The van der Waals surface area contributed by atoms with Gasteiger partial charge in [-0.05, 0) is 38.5 Å². The molecule has 5 nitrogen and oxygen atoms in total. The quantitative estimate of drug-likeness (QED) is 0.0375. The number of unbranched alkanes of at least 4 members (excludes halogenated alkanes) is 38. The van der Waals surface area contributed by atoms with Gasteiger partial charge in [0.25, 0.3) is 0 Å². The summed E-state index contributed by atoms with van der Waals surface area (Å²) in [5.74, 6) is -0.594. The Bertz CT molecular complexity index is 913. The molecular formula is C55H104O5. The summed E-state index contributed by atoms with van der Waals surface area (Å²) in [7, 11) is 0. The molecular weight excluding hydrogens is 741 g/mol. The zero-order valence-corrected chi connectivity index (χ0v) is 40.5. The van der Waals surface area contributed by atoms with Crippen LogP contribution in [0.25, 0.3) is 0 Å². The van der Waals surface area contributed by atoms with Gasteiger partial charge >= 0.3 is 11.9 Å². The zero-order chi connectivity index (χ0) is 43.5. The summed E-state index contributed by atoms with van der Waals surface area (Å²) in [5, 5.41) is 9.59. The van der Waals surface area contributed by atoms with Crippen molar-refractivity contribution in [1.29, 1.82) is 0 Å². The van der Waals surface area contributed by atoms with Crippen LogP contribution in [0.1, 0.15) is 296 Å². The number of esters is 2. The number of hydrogen-bond donors (Lipinski definition) is 1. The third kappa shape index (κ3) is 49.0. The van der Waals surface area contributed by atoms with Crippen molar-refractivity contribution in [2.24, 2.45) is 0 Å². The summed E-state index contributed by atoms with van der Waals surface area (Å²) in [4.78, 5) is 24.4. The molecule has 1 unspecified atom stereocenters. The molecule has 5 heteroatoms. The Morgan fingerprint density at radius 2 is 0.700 bits per heavy atom. The monoisotopic (exact) mass is 845 g/mol. The lowest BCUT2D eigenvalue weighted by atomic mass is 10.0. The van der Waals surface area contributed by atoms with E-state index in [1.165, 1.54) is 212 Å². The highest BCUT2D eigenvalue weighted by Crippen LogP contribution is 2.18. The minimum atomic E-state index is -0.775. The molecule has 0 aliphatic carbocycles. The standard InChI is InChI=1S/C55H104O5/c1-3-5-7-9-11-13-15-17-18-19-20-21-22-23-24-25-26-27-28-29-30-31-32-33-34-35-36-38-39-41-43-45-47-49-54(57)59-52-53(51-56)60-55(58)50-48-46-44-42-40-37-16-14-12-10-8-6-4-2/h8,10,14,16,53,56H,3-7,9,11-13,15,17-52H2,1-2H3/b10-8-,16-14-. The Balaban J connectivity index is 3.36. The Kier molecular flexibility index (Phi) is 50.3. The Morgan fingerprint density at radius 3 is 1.05 bits per heavy atom. The highest BCUT2D eigenvalue weighted by Gasteiger charge is 2.16. The van der Waals surface area contributed by atoms with Gasteiger partial charge in [0.2, 0.25) is 0 Å². The third-order valence-electron chi connectivity index (χ3n) is 12.2. The second-order valence-corrected chi connectivity index (χ2v) is 18.3. The summed E-state index contributed by atoms with van der Waals surface area (Å²) in [6, 6.07) is 0. The number of aliphatic hydroxyl groups excluding tert-OH is 1. The fourth-order valence-corrected chi connectivity index (χ4v) is 8.18. The lowest BCUT2D eigenvalue weighted by Crippen LogP contribution is -2.28. The number of hydrogen-bond acceptors (Lipinski definition) is 5. The Hall–Kier alpha value is -1.62. The van der Waals surface area contributed by atoms with Gasteiger partial charge in [0, 0.05) is 12.8 Å². The highest BCUT2D eigenvalue weighted by molar-refractivity contribution is 5.70. The number of carbonyl (C=O) groups excluding carboxylic acids is 2. The van der Waals surface area contributed by atoms with Crippen molar-refractivity contribution < 1.29 is 24.2 Å².